The number of nitrogens with zero attached hydrogens (tertiary/aromatic N) is 1. The summed E-state index contributed by atoms with van der Waals surface area (Å²) in [6.45, 7) is 9.19. The van der Waals surface area contributed by atoms with Gasteiger partial charge in [0.25, 0.3) is 0 Å². The molecule has 0 saturated heterocycles. The van der Waals surface area contributed by atoms with Gasteiger partial charge in [-0.15, -0.1) is 0 Å². The second kappa shape index (κ2) is 7.66. The van der Waals surface area contributed by atoms with Gasteiger partial charge in [-0.3, -0.25) is 0 Å². The lowest BCUT2D eigenvalue weighted by atomic mass is 10.1. The maximum absolute atomic E-state index is 11.4. The minimum Gasteiger partial charge on any atom is -0.478 e. The Morgan fingerprint density at radius 2 is 1.89 bits per heavy atom. The minimum atomic E-state index is -1.07. The summed E-state index contributed by atoms with van der Waals surface area (Å²) in [6.07, 6.45) is 0.195. The summed E-state index contributed by atoms with van der Waals surface area (Å²) in [6, 6.07) is 0. The van der Waals surface area contributed by atoms with Gasteiger partial charge in [0.2, 0.25) is 0 Å². The SMILES string of the molecule is C=C(C)C(=O)OC(CCN(C)C)CC(=C)C(=O)O. The molecular formula is C13H21NO4. The molecule has 0 fully saturated rings. The molecule has 1 N–H and O–H groups in total. The number of aliphatic carboxylic acids is 1. The van der Waals surface area contributed by atoms with Crippen molar-refractivity contribution in [2.24, 2.45) is 0 Å². The maximum Gasteiger partial charge on any atom is 0.333 e. The van der Waals surface area contributed by atoms with Crippen LogP contribution in [0.4, 0.5) is 0 Å². The Hall–Kier alpha value is -1.62. The van der Waals surface area contributed by atoms with Crippen LogP contribution >= 0.6 is 0 Å². The molecule has 1 atom stereocenters. The van der Waals surface area contributed by atoms with Gasteiger partial charge in [-0.2, -0.15) is 0 Å². The Morgan fingerprint density at radius 1 is 1.33 bits per heavy atom. The van der Waals surface area contributed by atoms with E-state index in [1.54, 1.807) is 6.92 Å². The second-order valence-corrected chi connectivity index (χ2v) is 4.51. The van der Waals surface area contributed by atoms with Gasteiger partial charge in [-0.25, -0.2) is 9.59 Å². The van der Waals surface area contributed by atoms with Gasteiger partial charge in [-0.1, -0.05) is 13.2 Å². The van der Waals surface area contributed by atoms with Crippen LogP contribution in [0, 0.1) is 0 Å². The van der Waals surface area contributed by atoms with Crippen LogP contribution in [-0.4, -0.2) is 48.7 Å². The molecule has 0 saturated carbocycles. The fourth-order valence-corrected chi connectivity index (χ4v) is 1.22. The third kappa shape index (κ3) is 6.85. The van der Waals surface area contributed by atoms with Gasteiger partial charge >= 0.3 is 11.9 Å². The summed E-state index contributed by atoms with van der Waals surface area (Å²) in [5.41, 5.74) is 0.332. The van der Waals surface area contributed by atoms with Crippen molar-refractivity contribution < 1.29 is 19.4 Å². The average molecular weight is 255 g/mol. The standard InChI is InChI=1S/C13H21NO4/c1-9(2)13(17)18-11(6-7-14(4)5)8-10(3)12(15)16/h11H,1,3,6-8H2,2,4-5H3,(H,15,16). The highest BCUT2D eigenvalue weighted by atomic mass is 16.5. The van der Waals surface area contributed by atoms with E-state index in [4.69, 9.17) is 9.84 Å². The molecule has 0 heterocycles. The van der Waals surface area contributed by atoms with Crippen molar-refractivity contribution in [1.82, 2.24) is 4.90 Å². The summed E-state index contributed by atoms with van der Waals surface area (Å²) in [5.74, 6) is -1.58. The first-order valence-corrected chi connectivity index (χ1v) is 5.66. The van der Waals surface area contributed by atoms with E-state index in [0.29, 0.717) is 18.5 Å². The molecule has 5 nitrogen and oxygen atoms in total. The van der Waals surface area contributed by atoms with Crippen molar-refractivity contribution in [3.8, 4) is 0 Å². The van der Waals surface area contributed by atoms with Crippen LogP contribution in [0.25, 0.3) is 0 Å². The highest BCUT2D eigenvalue weighted by Gasteiger charge is 2.19. The van der Waals surface area contributed by atoms with Crippen LogP contribution in [0.15, 0.2) is 24.3 Å². The topological polar surface area (TPSA) is 66.8 Å². The molecule has 0 spiro atoms. The molecular weight excluding hydrogens is 234 g/mol. The van der Waals surface area contributed by atoms with Crippen LogP contribution in [0.2, 0.25) is 0 Å². The molecule has 102 valence electrons. The van der Waals surface area contributed by atoms with Crippen molar-refractivity contribution in [2.45, 2.75) is 25.9 Å². The van der Waals surface area contributed by atoms with Crippen LogP contribution < -0.4 is 0 Å². The Kier molecular flexibility index (Phi) is 6.97. The molecule has 0 aromatic carbocycles. The number of rotatable bonds is 8. The molecule has 0 bridgehead atoms. The molecule has 0 amide bonds. The normalized spacial score (nSPS) is 12.0. The number of carbonyl (C=O) groups is 2. The van der Waals surface area contributed by atoms with E-state index in [1.165, 1.54) is 0 Å². The van der Waals surface area contributed by atoms with Crippen LogP contribution in [0.3, 0.4) is 0 Å². The molecule has 0 aliphatic carbocycles. The van der Waals surface area contributed by atoms with Crippen molar-refractivity contribution >= 4 is 11.9 Å². The van der Waals surface area contributed by atoms with E-state index in [0.717, 1.165) is 0 Å². The van der Waals surface area contributed by atoms with Crippen LogP contribution in [0.1, 0.15) is 19.8 Å². The number of esters is 1. The molecule has 1 unspecified atom stereocenters. The quantitative estimate of drug-likeness (QED) is 0.525. The van der Waals surface area contributed by atoms with Gasteiger partial charge in [0.05, 0.1) is 0 Å². The van der Waals surface area contributed by atoms with Crippen molar-refractivity contribution in [1.29, 1.82) is 0 Å². The third-order valence-corrected chi connectivity index (χ3v) is 2.30. The summed E-state index contributed by atoms with van der Waals surface area (Å²) in [5, 5.41) is 8.78. The van der Waals surface area contributed by atoms with Gasteiger partial charge in [0, 0.05) is 24.1 Å². The smallest absolute Gasteiger partial charge is 0.333 e. The number of ether oxygens (including phenoxy) is 1. The molecule has 0 rings (SSSR count). The first-order valence-electron chi connectivity index (χ1n) is 5.66. The lowest BCUT2D eigenvalue weighted by Gasteiger charge is -2.20. The lowest BCUT2D eigenvalue weighted by molar-refractivity contribution is -0.145. The van der Waals surface area contributed by atoms with Crippen molar-refractivity contribution in [2.75, 3.05) is 20.6 Å². The molecule has 0 aliphatic heterocycles. The molecule has 5 heteroatoms. The third-order valence-electron chi connectivity index (χ3n) is 2.30. The number of carbonyl (C=O) groups excluding carboxylic acids is 1. The van der Waals surface area contributed by atoms with E-state index >= 15 is 0 Å². The first-order chi connectivity index (χ1) is 8.23. The van der Waals surface area contributed by atoms with Crippen molar-refractivity contribution in [3.05, 3.63) is 24.3 Å². The summed E-state index contributed by atoms with van der Waals surface area (Å²) in [7, 11) is 3.79. The highest BCUT2D eigenvalue weighted by Crippen LogP contribution is 2.13. The summed E-state index contributed by atoms with van der Waals surface area (Å²) >= 11 is 0. The van der Waals surface area contributed by atoms with Crippen LogP contribution in [0.5, 0.6) is 0 Å². The first kappa shape index (κ1) is 16.4. The number of carboxylic acids is 1. The Balaban J connectivity index is 4.51. The van der Waals surface area contributed by atoms with Crippen molar-refractivity contribution in [3.63, 3.8) is 0 Å². The average Bonchev–Trinajstić information content (AvgIpc) is 2.25. The lowest BCUT2D eigenvalue weighted by Crippen LogP contribution is -2.25. The van der Waals surface area contributed by atoms with Crippen LogP contribution in [-0.2, 0) is 14.3 Å². The number of hydrogen-bond donors (Lipinski definition) is 1. The van der Waals surface area contributed by atoms with Gasteiger partial charge in [0.1, 0.15) is 6.10 Å². The minimum absolute atomic E-state index is 0.0354. The van der Waals surface area contributed by atoms with E-state index < -0.39 is 18.0 Å². The maximum atomic E-state index is 11.4. The monoisotopic (exact) mass is 255 g/mol. The van der Waals surface area contributed by atoms with E-state index in [2.05, 4.69) is 13.2 Å². The largest absolute Gasteiger partial charge is 0.478 e. The fraction of sp³-hybridized carbons (Fsp3) is 0.538. The zero-order valence-corrected chi connectivity index (χ0v) is 11.2. The summed E-state index contributed by atoms with van der Waals surface area (Å²) < 4.78 is 5.19. The van der Waals surface area contributed by atoms with Gasteiger partial charge < -0.3 is 14.7 Å². The Labute approximate surface area is 108 Å². The molecule has 18 heavy (non-hydrogen) atoms. The highest BCUT2D eigenvalue weighted by molar-refractivity contribution is 5.87. The molecule has 0 aromatic heterocycles. The fourth-order valence-electron chi connectivity index (χ4n) is 1.22. The van der Waals surface area contributed by atoms with E-state index in [1.807, 2.05) is 19.0 Å². The van der Waals surface area contributed by atoms with Gasteiger partial charge in [-0.05, 0) is 27.4 Å². The Morgan fingerprint density at radius 3 is 2.28 bits per heavy atom. The molecule has 0 aromatic rings. The number of carboxylic acid groups (broad SMARTS) is 1. The predicted octanol–water partition coefficient (Wildman–Crippen LogP) is 1.46. The van der Waals surface area contributed by atoms with E-state index in [-0.39, 0.29) is 12.0 Å². The summed E-state index contributed by atoms with van der Waals surface area (Å²) in [4.78, 5) is 24.1. The predicted molar refractivity (Wildman–Crippen MR) is 69.3 cm³/mol. The number of hydrogen-bond acceptors (Lipinski definition) is 4. The Bertz CT molecular complexity index is 319. The van der Waals surface area contributed by atoms with Gasteiger partial charge in [0.15, 0.2) is 0 Å². The zero-order valence-electron chi connectivity index (χ0n) is 11.2. The molecule has 0 radical (unpaired) electrons. The second-order valence-electron chi connectivity index (χ2n) is 4.51. The molecule has 0 aliphatic rings. The zero-order chi connectivity index (χ0) is 14.3. The van der Waals surface area contributed by atoms with E-state index in [9.17, 15) is 9.59 Å².